The summed E-state index contributed by atoms with van der Waals surface area (Å²) in [6, 6.07) is 8.55. The first-order chi connectivity index (χ1) is 11.4. The number of nitriles is 1. The maximum Gasteiger partial charge on any atom is 0.134 e. The van der Waals surface area contributed by atoms with Crippen molar-refractivity contribution in [2.45, 2.75) is 40.0 Å². The van der Waals surface area contributed by atoms with Crippen LogP contribution in [-0.4, -0.2) is 6.21 Å². The first-order valence-corrected chi connectivity index (χ1v) is 9.04. The van der Waals surface area contributed by atoms with Crippen LogP contribution in [-0.2, 0) is 12.8 Å². The van der Waals surface area contributed by atoms with Crippen LogP contribution in [0.25, 0.3) is 0 Å². The Morgan fingerprint density at radius 1 is 1.29 bits per heavy atom. The smallest absolute Gasteiger partial charge is 0.134 e. The second kappa shape index (κ2) is 6.49. The van der Waals surface area contributed by atoms with E-state index in [9.17, 15) is 9.65 Å². The molecule has 0 saturated heterocycles. The topological polar surface area (TPSA) is 36.1 Å². The van der Waals surface area contributed by atoms with Gasteiger partial charge in [0.05, 0.1) is 5.56 Å². The van der Waals surface area contributed by atoms with Crippen molar-refractivity contribution in [3.8, 4) is 6.07 Å². The standard InChI is InChI=1S/C20H21FN2S/c1-20(2,3)14-6-9-16-17(11-22)19(24-18(16)10-14)23-12-13-4-7-15(21)8-5-13/h4-5,7-8,12,14H,6,9-10H2,1-3H3/t14-/m0/s1. The fraction of sp³-hybridized carbons (Fsp3) is 0.400. The van der Waals surface area contributed by atoms with Gasteiger partial charge in [-0.05, 0) is 53.9 Å². The van der Waals surface area contributed by atoms with E-state index in [1.807, 2.05) is 0 Å². The predicted molar refractivity (Wildman–Crippen MR) is 97.7 cm³/mol. The Balaban J connectivity index is 1.89. The Morgan fingerprint density at radius 3 is 2.62 bits per heavy atom. The Labute approximate surface area is 146 Å². The van der Waals surface area contributed by atoms with Crippen LogP contribution in [0.3, 0.4) is 0 Å². The molecule has 2 aromatic rings. The van der Waals surface area contributed by atoms with Crippen LogP contribution < -0.4 is 0 Å². The molecule has 1 aromatic heterocycles. The zero-order valence-electron chi connectivity index (χ0n) is 14.3. The lowest BCUT2D eigenvalue weighted by molar-refractivity contribution is 0.218. The van der Waals surface area contributed by atoms with Crippen molar-refractivity contribution in [2.24, 2.45) is 16.3 Å². The lowest BCUT2D eigenvalue weighted by Crippen LogP contribution is -2.26. The normalized spacial score (nSPS) is 17.7. The SMILES string of the molecule is CC(C)(C)[C@H]1CCc2c(sc(N=Cc3ccc(F)cc3)c2C#N)C1. The van der Waals surface area contributed by atoms with Gasteiger partial charge in [0.2, 0.25) is 0 Å². The molecule has 124 valence electrons. The minimum Gasteiger partial charge on any atom is -0.244 e. The number of hydrogen-bond donors (Lipinski definition) is 0. The highest BCUT2D eigenvalue weighted by atomic mass is 32.1. The van der Waals surface area contributed by atoms with E-state index >= 15 is 0 Å². The molecule has 0 amide bonds. The third-order valence-electron chi connectivity index (χ3n) is 4.78. The summed E-state index contributed by atoms with van der Waals surface area (Å²) in [4.78, 5) is 5.83. The molecule has 0 radical (unpaired) electrons. The zero-order chi connectivity index (χ0) is 17.3. The third kappa shape index (κ3) is 3.42. The van der Waals surface area contributed by atoms with Gasteiger partial charge < -0.3 is 0 Å². The molecule has 0 bridgehead atoms. The summed E-state index contributed by atoms with van der Waals surface area (Å²) in [5.74, 6) is 0.383. The molecule has 0 unspecified atom stereocenters. The number of benzene rings is 1. The molecule has 2 nitrogen and oxygen atoms in total. The molecule has 0 spiro atoms. The maximum atomic E-state index is 13.0. The average Bonchev–Trinajstić information content (AvgIpc) is 2.90. The van der Waals surface area contributed by atoms with Gasteiger partial charge in [-0.1, -0.05) is 32.9 Å². The highest BCUT2D eigenvalue weighted by molar-refractivity contribution is 7.16. The summed E-state index contributed by atoms with van der Waals surface area (Å²) in [6.07, 6.45) is 4.83. The van der Waals surface area contributed by atoms with E-state index in [0.717, 1.165) is 35.4 Å². The van der Waals surface area contributed by atoms with Gasteiger partial charge in [0.15, 0.2) is 0 Å². The van der Waals surface area contributed by atoms with Crippen LogP contribution in [0.15, 0.2) is 29.3 Å². The number of fused-ring (bicyclic) bond motifs is 1. The van der Waals surface area contributed by atoms with E-state index in [4.69, 9.17) is 0 Å². The van der Waals surface area contributed by atoms with Gasteiger partial charge in [0, 0.05) is 11.1 Å². The maximum absolute atomic E-state index is 13.0. The van der Waals surface area contributed by atoms with Gasteiger partial charge in [-0.2, -0.15) is 5.26 Å². The Kier molecular flexibility index (Phi) is 4.56. The van der Waals surface area contributed by atoms with Gasteiger partial charge in [0.25, 0.3) is 0 Å². The first-order valence-electron chi connectivity index (χ1n) is 8.22. The van der Waals surface area contributed by atoms with Crippen molar-refractivity contribution in [2.75, 3.05) is 0 Å². The van der Waals surface area contributed by atoms with E-state index in [1.165, 1.54) is 22.6 Å². The van der Waals surface area contributed by atoms with Gasteiger partial charge in [-0.15, -0.1) is 11.3 Å². The van der Waals surface area contributed by atoms with E-state index in [2.05, 4.69) is 31.8 Å². The molecule has 1 aromatic carbocycles. The highest BCUT2D eigenvalue weighted by Gasteiger charge is 2.32. The van der Waals surface area contributed by atoms with Gasteiger partial charge in [-0.25, -0.2) is 9.38 Å². The number of thiophene rings is 1. The van der Waals surface area contributed by atoms with E-state index in [0.29, 0.717) is 5.92 Å². The van der Waals surface area contributed by atoms with E-state index < -0.39 is 0 Å². The number of rotatable bonds is 2. The van der Waals surface area contributed by atoms with Crippen LogP contribution in [0, 0.1) is 28.5 Å². The lowest BCUT2D eigenvalue weighted by Gasteiger charge is -2.33. The minimum atomic E-state index is -0.260. The van der Waals surface area contributed by atoms with Crippen LogP contribution >= 0.6 is 11.3 Å². The number of halogens is 1. The fourth-order valence-corrected chi connectivity index (χ4v) is 4.42. The third-order valence-corrected chi connectivity index (χ3v) is 5.95. The largest absolute Gasteiger partial charge is 0.244 e. The molecule has 1 aliphatic carbocycles. The quantitative estimate of drug-likeness (QED) is 0.650. The van der Waals surface area contributed by atoms with E-state index in [-0.39, 0.29) is 11.2 Å². The van der Waals surface area contributed by atoms with Crippen LogP contribution in [0.2, 0.25) is 0 Å². The van der Waals surface area contributed by atoms with Crippen molar-refractivity contribution in [1.29, 1.82) is 5.26 Å². The molecule has 1 heterocycles. The first kappa shape index (κ1) is 16.9. The Morgan fingerprint density at radius 2 is 2.00 bits per heavy atom. The molecular formula is C20H21FN2S. The zero-order valence-corrected chi connectivity index (χ0v) is 15.1. The summed E-state index contributed by atoms with van der Waals surface area (Å²) in [5, 5.41) is 10.3. The second-order valence-electron chi connectivity index (χ2n) is 7.41. The molecule has 4 heteroatoms. The fourth-order valence-electron chi connectivity index (χ4n) is 3.20. The lowest BCUT2D eigenvalue weighted by atomic mass is 9.72. The highest BCUT2D eigenvalue weighted by Crippen LogP contribution is 2.44. The Bertz CT molecular complexity index is 804. The van der Waals surface area contributed by atoms with Crippen molar-refractivity contribution < 1.29 is 4.39 Å². The van der Waals surface area contributed by atoms with Crippen LogP contribution in [0.4, 0.5) is 9.39 Å². The van der Waals surface area contributed by atoms with Crippen molar-refractivity contribution in [3.63, 3.8) is 0 Å². The van der Waals surface area contributed by atoms with Gasteiger partial charge in [-0.3, -0.25) is 0 Å². The molecule has 1 atom stereocenters. The number of hydrogen-bond acceptors (Lipinski definition) is 3. The second-order valence-corrected chi connectivity index (χ2v) is 8.49. The van der Waals surface area contributed by atoms with Crippen molar-refractivity contribution in [1.82, 2.24) is 0 Å². The number of aliphatic imine (C=N–C) groups is 1. The molecular weight excluding hydrogens is 319 g/mol. The van der Waals surface area contributed by atoms with Crippen LogP contribution in [0.5, 0.6) is 0 Å². The average molecular weight is 340 g/mol. The Hall–Kier alpha value is -1.99. The van der Waals surface area contributed by atoms with Crippen molar-refractivity contribution >= 4 is 22.6 Å². The molecule has 0 N–H and O–H groups in total. The summed E-state index contributed by atoms with van der Waals surface area (Å²) in [5.41, 5.74) is 3.03. The molecule has 24 heavy (non-hydrogen) atoms. The summed E-state index contributed by atoms with van der Waals surface area (Å²) < 4.78 is 13.0. The van der Waals surface area contributed by atoms with Gasteiger partial charge in [0.1, 0.15) is 16.9 Å². The molecule has 3 rings (SSSR count). The monoisotopic (exact) mass is 340 g/mol. The number of nitrogens with zero attached hydrogens (tertiary/aromatic N) is 2. The van der Waals surface area contributed by atoms with E-state index in [1.54, 1.807) is 29.7 Å². The minimum absolute atomic E-state index is 0.260. The van der Waals surface area contributed by atoms with Crippen LogP contribution in [0.1, 0.15) is 48.8 Å². The molecule has 0 fully saturated rings. The summed E-state index contributed by atoms with van der Waals surface area (Å²) in [6.45, 7) is 6.86. The summed E-state index contributed by atoms with van der Waals surface area (Å²) >= 11 is 1.63. The molecule has 1 aliphatic rings. The van der Waals surface area contributed by atoms with Crippen molar-refractivity contribution in [3.05, 3.63) is 51.7 Å². The molecule has 0 aliphatic heterocycles. The summed E-state index contributed by atoms with van der Waals surface area (Å²) in [7, 11) is 0. The van der Waals surface area contributed by atoms with Gasteiger partial charge >= 0.3 is 0 Å². The predicted octanol–water partition coefficient (Wildman–Crippen LogP) is 5.66. The molecule has 0 saturated carbocycles.